The largest absolute Gasteiger partial charge is 0.296 e. The molecule has 1 saturated carbocycles. The lowest BCUT2D eigenvalue weighted by Crippen LogP contribution is -2.27. The molecule has 1 aromatic heterocycles. The van der Waals surface area contributed by atoms with Crippen LogP contribution in [-0.4, -0.2) is 30.0 Å². The number of aromatic nitrogens is 2. The highest BCUT2D eigenvalue weighted by Gasteiger charge is 2.25. The smallest absolute Gasteiger partial charge is 0.262 e. The van der Waals surface area contributed by atoms with Crippen molar-refractivity contribution in [2.24, 2.45) is 5.92 Å². The average Bonchev–Trinajstić information content (AvgIpc) is 3.28. The summed E-state index contributed by atoms with van der Waals surface area (Å²) in [7, 11) is -3.07. The molecular formula is C16H18Cl2N2O3S. The first-order valence-corrected chi connectivity index (χ1v) is 10.6. The first-order valence-electron chi connectivity index (χ1n) is 7.81. The lowest BCUT2D eigenvalue weighted by Gasteiger charge is -2.14. The van der Waals surface area contributed by atoms with Crippen molar-refractivity contribution in [3.05, 3.63) is 38.4 Å². The Bertz CT molecular complexity index is 950. The molecule has 1 aromatic carbocycles. The van der Waals surface area contributed by atoms with E-state index in [1.165, 1.54) is 6.26 Å². The Morgan fingerprint density at radius 2 is 1.92 bits per heavy atom. The van der Waals surface area contributed by atoms with Gasteiger partial charge < -0.3 is 0 Å². The van der Waals surface area contributed by atoms with Crippen molar-refractivity contribution in [2.75, 3.05) is 12.0 Å². The maximum atomic E-state index is 12.9. The summed E-state index contributed by atoms with van der Waals surface area (Å²) in [6, 6.07) is 3.21. The molecule has 130 valence electrons. The van der Waals surface area contributed by atoms with Crippen LogP contribution in [0, 0.1) is 5.92 Å². The van der Waals surface area contributed by atoms with Gasteiger partial charge in [0.1, 0.15) is 15.7 Å². The van der Waals surface area contributed by atoms with Gasteiger partial charge in [-0.15, -0.1) is 0 Å². The molecule has 0 radical (unpaired) electrons. The highest BCUT2D eigenvalue weighted by atomic mass is 35.5. The zero-order valence-electron chi connectivity index (χ0n) is 13.3. The monoisotopic (exact) mass is 388 g/mol. The predicted molar refractivity (Wildman–Crippen MR) is 96.8 cm³/mol. The summed E-state index contributed by atoms with van der Waals surface area (Å²) >= 11 is 12.4. The van der Waals surface area contributed by atoms with Gasteiger partial charge in [-0.1, -0.05) is 23.2 Å². The van der Waals surface area contributed by atoms with Crippen molar-refractivity contribution in [3.8, 4) is 0 Å². The molecule has 8 heteroatoms. The van der Waals surface area contributed by atoms with Gasteiger partial charge in [-0.25, -0.2) is 13.4 Å². The number of sulfone groups is 1. The van der Waals surface area contributed by atoms with Crippen LogP contribution in [0.25, 0.3) is 10.9 Å². The molecule has 24 heavy (non-hydrogen) atoms. The van der Waals surface area contributed by atoms with E-state index in [1.807, 2.05) is 0 Å². The number of rotatable bonds is 6. The van der Waals surface area contributed by atoms with Gasteiger partial charge in [-0.05, 0) is 37.3 Å². The zero-order chi connectivity index (χ0) is 17.5. The van der Waals surface area contributed by atoms with Crippen molar-refractivity contribution in [3.63, 3.8) is 0 Å². The van der Waals surface area contributed by atoms with Crippen LogP contribution in [0.1, 0.15) is 25.1 Å². The molecular weight excluding hydrogens is 371 g/mol. The maximum Gasteiger partial charge on any atom is 0.262 e. The Morgan fingerprint density at radius 3 is 2.54 bits per heavy atom. The summed E-state index contributed by atoms with van der Waals surface area (Å²) in [5, 5.41) is 0.997. The molecule has 2 aromatic rings. The van der Waals surface area contributed by atoms with Gasteiger partial charge >= 0.3 is 0 Å². The molecule has 1 fully saturated rings. The fourth-order valence-corrected chi connectivity index (χ4v) is 3.83. The van der Waals surface area contributed by atoms with E-state index >= 15 is 0 Å². The average molecular weight is 389 g/mol. The fourth-order valence-electron chi connectivity index (χ4n) is 2.75. The molecule has 1 aliphatic rings. The molecule has 0 atom stereocenters. The summed E-state index contributed by atoms with van der Waals surface area (Å²) in [5.74, 6) is 1.23. The number of halogens is 2. The Kier molecular flexibility index (Phi) is 4.91. The van der Waals surface area contributed by atoms with Crippen molar-refractivity contribution < 1.29 is 8.42 Å². The second kappa shape index (κ2) is 6.65. The topological polar surface area (TPSA) is 69.0 Å². The number of nitrogens with zero attached hydrogens (tertiary/aromatic N) is 2. The molecule has 0 aliphatic heterocycles. The van der Waals surface area contributed by atoms with Gasteiger partial charge in [0.15, 0.2) is 0 Å². The lowest BCUT2D eigenvalue weighted by molar-refractivity contribution is 0.571. The summed E-state index contributed by atoms with van der Waals surface area (Å²) in [4.78, 5) is 17.5. The lowest BCUT2D eigenvalue weighted by atomic mass is 10.2. The highest BCUT2D eigenvalue weighted by molar-refractivity contribution is 7.90. The van der Waals surface area contributed by atoms with Crippen LogP contribution in [0.3, 0.4) is 0 Å². The minimum Gasteiger partial charge on any atom is -0.296 e. The van der Waals surface area contributed by atoms with E-state index in [4.69, 9.17) is 23.2 Å². The van der Waals surface area contributed by atoms with Gasteiger partial charge in [0.05, 0.1) is 26.7 Å². The molecule has 1 heterocycles. The van der Waals surface area contributed by atoms with Crippen molar-refractivity contribution in [1.82, 2.24) is 9.55 Å². The molecule has 0 unspecified atom stereocenters. The Morgan fingerprint density at radius 1 is 1.25 bits per heavy atom. The molecule has 0 bridgehead atoms. The molecule has 5 nitrogen and oxygen atoms in total. The number of hydrogen-bond donors (Lipinski definition) is 0. The van der Waals surface area contributed by atoms with E-state index in [1.54, 1.807) is 16.7 Å². The first kappa shape index (κ1) is 17.7. The quantitative estimate of drug-likeness (QED) is 0.762. The fraction of sp³-hybridized carbons (Fsp3) is 0.500. The molecule has 1 aliphatic carbocycles. The van der Waals surface area contributed by atoms with Gasteiger partial charge in [-0.2, -0.15) is 0 Å². The first-order chi connectivity index (χ1) is 11.3. The standard InChI is InChI=1S/C16H18Cl2N2O3S/c1-24(22,23)8-2-7-20-13(9-10-3-4-10)19-15-12(18)6-5-11(17)14(15)16(20)21/h5-6,10H,2-4,7-9H2,1H3. The third-order valence-corrected chi connectivity index (χ3v) is 5.80. The van der Waals surface area contributed by atoms with Crippen LogP contribution in [0.5, 0.6) is 0 Å². The third-order valence-electron chi connectivity index (χ3n) is 4.15. The molecule has 3 rings (SSSR count). The molecule has 0 saturated heterocycles. The van der Waals surface area contributed by atoms with Crippen molar-refractivity contribution in [1.29, 1.82) is 0 Å². The van der Waals surface area contributed by atoms with Gasteiger partial charge in [0.25, 0.3) is 5.56 Å². The Hall–Kier alpha value is -1.11. The van der Waals surface area contributed by atoms with Gasteiger partial charge in [0, 0.05) is 19.2 Å². The Balaban J connectivity index is 2.08. The van der Waals surface area contributed by atoms with Crippen LogP contribution in [0.15, 0.2) is 16.9 Å². The molecule has 0 spiro atoms. The van der Waals surface area contributed by atoms with Gasteiger partial charge in [0.2, 0.25) is 0 Å². The zero-order valence-corrected chi connectivity index (χ0v) is 15.6. The van der Waals surface area contributed by atoms with Crippen LogP contribution in [-0.2, 0) is 22.8 Å². The van der Waals surface area contributed by atoms with E-state index in [0.29, 0.717) is 52.1 Å². The highest BCUT2D eigenvalue weighted by Crippen LogP contribution is 2.33. The van der Waals surface area contributed by atoms with Crippen LogP contribution in [0.2, 0.25) is 10.0 Å². The second-order valence-corrected chi connectivity index (χ2v) is 9.44. The summed E-state index contributed by atoms with van der Waals surface area (Å²) in [5.41, 5.74) is 0.167. The SMILES string of the molecule is CS(=O)(=O)CCCn1c(CC2CC2)nc2c(Cl)ccc(Cl)c2c1=O. The third kappa shape index (κ3) is 3.92. The normalized spacial score (nSPS) is 15.1. The number of fused-ring (bicyclic) bond motifs is 1. The summed E-state index contributed by atoms with van der Waals surface area (Å²) in [6.07, 6.45) is 4.51. The van der Waals surface area contributed by atoms with Crippen LogP contribution in [0.4, 0.5) is 0 Å². The van der Waals surface area contributed by atoms with E-state index in [9.17, 15) is 13.2 Å². The van der Waals surface area contributed by atoms with Crippen LogP contribution < -0.4 is 5.56 Å². The number of hydrogen-bond acceptors (Lipinski definition) is 4. The predicted octanol–water partition coefficient (Wildman–Crippen LogP) is 3.09. The van der Waals surface area contributed by atoms with Crippen LogP contribution >= 0.6 is 23.2 Å². The van der Waals surface area contributed by atoms with E-state index in [2.05, 4.69) is 4.98 Å². The number of benzene rings is 1. The van der Waals surface area contributed by atoms with E-state index in [0.717, 1.165) is 12.8 Å². The van der Waals surface area contributed by atoms with Crippen molar-refractivity contribution in [2.45, 2.75) is 32.2 Å². The Labute approximate surface area is 150 Å². The molecule has 0 amide bonds. The van der Waals surface area contributed by atoms with Gasteiger partial charge in [-0.3, -0.25) is 9.36 Å². The minimum atomic E-state index is -3.07. The minimum absolute atomic E-state index is 0.0314. The van der Waals surface area contributed by atoms with E-state index < -0.39 is 9.84 Å². The summed E-state index contributed by atoms with van der Waals surface area (Å²) < 4.78 is 24.3. The maximum absolute atomic E-state index is 12.9. The summed E-state index contributed by atoms with van der Waals surface area (Å²) in [6.45, 7) is 0.305. The molecule has 0 N–H and O–H groups in total. The van der Waals surface area contributed by atoms with Crippen molar-refractivity contribution >= 4 is 43.9 Å². The second-order valence-electron chi connectivity index (χ2n) is 6.37. The van der Waals surface area contributed by atoms with E-state index in [-0.39, 0.29) is 11.3 Å².